The molecule has 0 aromatic heterocycles. The van der Waals surface area contributed by atoms with E-state index < -0.39 is 11.4 Å². The van der Waals surface area contributed by atoms with Gasteiger partial charge in [0.2, 0.25) is 0 Å². The van der Waals surface area contributed by atoms with Gasteiger partial charge in [-0.2, -0.15) is 0 Å². The van der Waals surface area contributed by atoms with Crippen LogP contribution in [0.15, 0.2) is 12.2 Å². The number of amides is 2. The highest BCUT2D eigenvalue weighted by Gasteiger charge is 2.42. The van der Waals surface area contributed by atoms with E-state index in [2.05, 4.69) is 17.5 Å². The first-order valence-electron chi connectivity index (χ1n) is 7.01. The van der Waals surface area contributed by atoms with Crippen molar-refractivity contribution in [3.63, 3.8) is 0 Å². The molecule has 106 valence electrons. The van der Waals surface area contributed by atoms with Crippen LogP contribution in [0.5, 0.6) is 0 Å². The number of aliphatic carboxylic acids is 1. The Bertz CT molecular complexity index is 386. The SMILES string of the molecule is CCC1(C(=O)O)CCCN(C(=O)NC2CC=CC2)C1. The van der Waals surface area contributed by atoms with E-state index in [0.717, 1.165) is 19.3 Å². The summed E-state index contributed by atoms with van der Waals surface area (Å²) in [6.45, 7) is 2.86. The molecule has 0 spiro atoms. The van der Waals surface area contributed by atoms with Gasteiger partial charge < -0.3 is 15.3 Å². The Morgan fingerprint density at radius 3 is 2.68 bits per heavy atom. The van der Waals surface area contributed by atoms with Gasteiger partial charge in [0.25, 0.3) is 0 Å². The molecular weight excluding hydrogens is 244 g/mol. The highest BCUT2D eigenvalue weighted by Crippen LogP contribution is 2.33. The van der Waals surface area contributed by atoms with E-state index >= 15 is 0 Å². The summed E-state index contributed by atoms with van der Waals surface area (Å²) in [5, 5.41) is 12.4. The number of hydrogen-bond donors (Lipinski definition) is 2. The minimum atomic E-state index is -0.782. The molecule has 0 bridgehead atoms. The van der Waals surface area contributed by atoms with Crippen molar-refractivity contribution in [3.05, 3.63) is 12.2 Å². The standard InChI is InChI=1S/C14H22N2O3/c1-2-14(12(17)18)8-5-9-16(10-14)13(19)15-11-6-3-4-7-11/h3-4,11H,2,5-10H2,1H3,(H,15,19)(H,17,18). The van der Waals surface area contributed by atoms with Crippen molar-refractivity contribution >= 4 is 12.0 Å². The summed E-state index contributed by atoms with van der Waals surface area (Å²) in [6.07, 6.45) is 7.86. The number of carboxylic acid groups (broad SMARTS) is 1. The van der Waals surface area contributed by atoms with E-state index in [1.165, 1.54) is 0 Å². The predicted molar refractivity (Wildman–Crippen MR) is 71.9 cm³/mol. The van der Waals surface area contributed by atoms with Gasteiger partial charge in [-0.05, 0) is 32.1 Å². The third kappa shape index (κ3) is 2.91. The lowest BCUT2D eigenvalue weighted by Crippen LogP contribution is -2.53. The molecule has 2 amide bonds. The molecule has 0 radical (unpaired) electrons. The van der Waals surface area contributed by atoms with Crippen LogP contribution in [0.3, 0.4) is 0 Å². The number of nitrogens with zero attached hydrogens (tertiary/aromatic N) is 1. The van der Waals surface area contributed by atoms with E-state index in [1.54, 1.807) is 4.90 Å². The molecule has 5 heteroatoms. The quantitative estimate of drug-likeness (QED) is 0.767. The van der Waals surface area contributed by atoms with E-state index in [0.29, 0.717) is 25.9 Å². The molecule has 0 aromatic rings. The van der Waals surface area contributed by atoms with Crippen LogP contribution < -0.4 is 5.32 Å². The third-order valence-electron chi connectivity index (χ3n) is 4.33. The second-order valence-electron chi connectivity index (χ2n) is 5.55. The molecule has 5 nitrogen and oxygen atoms in total. The zero-order chi connectivity index (χ0) is 13.9. The topological polar surface area (TPSA) is 69.6 Å². The van der Waals surface area contributed by atoms with E-state index in [1.807, 2.05) is 6.92 Å². The maximum absolute atomic E-state index is 12.2. The van der Waals surface area contributed by atoms with Crippen molar-refractivity contribution in [1.82, 2.24) is 10.2 Å². The number of carboxylic acids is 1. The van der Waals surface area contributed by atoms with Crippen molar-refractivity contribution in [2.45, 2.75) is 45.1 Å². The summed E-state index contributed by atoms with van der Waals surface area (Å²) in [7, 11) is 0. The molecule has 1 unspecified atom stereocenters. The zero-order valence-corrected chi connectivity index (χ0v) is 11.4. The Balaban J connectivity index is 1.96. The van der Waals surface area contributed by atoms with Gasteiger partial charge in [0.15, 0.2) is 0 Å². The third-order valence-corrected chi connectivity index (χ3v) is 4.33. The van der Waals surface area contributed by atoms with Gasteiger partial charge in [0.1, 0.15) is 0 Å². The summed E-state index contributed by atoms with van der Waals surface area (Å²) >= 11 is 0. The number of hydrogen-bond acceptors (Lipinski definition) is 2. The predicted octanol–water partition coefficient (Wildman–Crippen LogP) is 1.99. The minimum Gasteiger partial charge on any atom is -0.481 e. The van der Waals surface area contributed by atoms with Crippen LogP contribution in [0.4, 0.5) is 4.79 Å². The monoisotopic (exact) mass is 266 g/mol. The van der Waals surface area contributed by atoms with Gasteiger partial charge in [-0.3, -0.25) is 4.79 Å². The second kappa shape index (κ2) is 5.63. The highest BCUT2D eigenvalue weighted by atomic mass is 16.4. The molecule has 1 heterocycles. The summed E-state index contributed by atoms with van der Waals surface area (Å²) in [4.78, 5) is 25.3. The summed E-state index contributed by atoms with van der Waals surface area (Å²) in [5.74, 6) is -0.782. The lowest BCUT2D eigenvalue weighted by Gasteiger charge is -2.39. The summed E-state index contributed by atoms with van der Waals surface area (Å²) in [5.41, 5.74) is -0.760. The molecule has 1 atom stereocenters. The lowest BCUT2D eigenvalue weighted by atomic mass is 9.78. The van der Waals surface area contributed by atoms with Crippen LogP contribution in [0.1, 0.15) is 39.0 Å². The first-order chi connectivity index (χ1) is 9.07. The Morgan fingerprint density at radius 1 is 1.42 bits per heavy atom. The Morgan fingerprint density at radius 2 is 2.11 bits per heavy atom. The molecule has 1 saturated heterocycles. The van der Waals surface area contributed by atoms with Gasteiger partial charge in [-0.1, -0.05) is 19.1 Å². The molecule has 2 aliphatic rings. The molecule has 2 rings (SSSR count). The molecular formula is C14H22N2O3. The van der Waals surface area contributed by atoms with Crippen molar-refractivity contribution < 1.29 is 14.7 Å². The number of nitrogens with one attached hydrogen (secondary N) is 1. The molecule has 0 saturated carbocycles. The van der Waals surface area contributed by atoms with Crippen LogP contribution in [0.25, 0.3) is 0 Å². The first-order valence-corrected chi connectivity index (χ1v) is 7.01. The maximum atomic E-state index is 12.2. The van der Waals surface area contributed by atoms with Crippen molar-refractivity contribution in [1.29, 1.82) is 0 Å². The number of carbonyl (C=O) groups is 2. The summed E-state index contributed by atoms with van der Waals surface area (Å²) < 4.78 is 0. The van der Waals surface area contributed by atoms with Crippen molar-refractivity contribution in [2.24, 2.45) is 5.41 Å². The number of piperidine rings is 1. The zero-order valence-electron chi connectivity index (χ0n) is 11.4. The van der Waals surface area contributed by atoms with Gasteiger partial charge >= 0.3 is 12.0 Å². The number of urea groups is 1. The Kier molecular flexibility index (Phi) is 4.12. The van der Waals surface area contributed by atoms with Crippen LogP contribution in [0, 0.1) is 5.41 Å². The van der Waals surface area contributed by atoms with Gasteiger partial charge in [0.05, 0.1) is 5.41 Å². The largest absolute Gasteiger partial charge is 0.481 e. The molecule has 0 aromatic carbocycles. The Labute approximate surface area is 113 Å². The molecule has 19 heavy (non-hydrogen) atoms. The van der Waals surface area contributed by atoms with Crippen LogP contribution in [-0.2, 0) is 4.79 Å². The number of likely N-dealkylation sites (tertiary alicyclic amines) is 1. The van der Waals surface area contributed by atoms with E-state index in [-0.39, 0.29) is 12.1 Å². The smallest absolute Gasteiger partial charge is 0.317 e. The Hall–Kier alpha value is -1.52. The molecule has 1 aliphatic carbocycles. The summed E-state index contributed by atoms with van der Waals surface area (Å²) in [6, 6.07) is 0.0581. The van der Waals surface area contributed by atoms with Gasteiger partial charge in [-0.25, -0.2) is 4.79 Å². The van der Waals surface area contributed by atoms with E-state index in [9.17, 15) is 14.7 Å². The molecule has 1 aliphatic heterocycles. The minimum absolute atomic E-state index is 0.118. The number of carbonyl (C=O) groups excluding carboxylic acids is 1. The van der Waals surface area contributed by atoms with Gasteiger partial charge in [-0.15, -0.1) is 0 Å². The first kappa shape index (κ1) is 13.9. The number of rotatable bonds is 3. The fourth-order valence-corrected chi connectivity index (χ4v) is 2.92. The molecule has 1 fully saturated rings. The normalized spacial score (nSPS) is 27.5. The van der Waals surface area contributed by atoms with E-state index in [4.69, 9.17) is 0 Å². The van der Waals surface area contributed by atoms with Crippen molar-refractivity contribution in [3.8, 4) is 0 Å². The fraction of sp³-hybridized carbons (Fsp3) is 0.714. The average Bonchev–Trinajstić information content (AvgIpc) is 2.91. The average molecular weight is 266 g/mol. The van der Waals surface area contributed by atoms with Crippen LogP contribution >= 0.6 is 0 Å². The highest BCUT2D eigenvalue weighted by molar-refractivity contribution is 5.79. The maximum Gasteiger partial charge on any atom is 0.317 e. The van der Waals surface area contributed by atoms with Crippen LogP contribution in [-0.4, -0.2) is 41.1 Å². The fourth-order valence-electron chi connectivity index (χ4n) is 2.92. The molecule has 2 N–H and O–H groups in total. The van der Waals surface area contributed by atoms with Crippen LogP contribution in [0.2, 0.25) is 0 Å². The lowest BCUT2D eigenvalue weighted by molar-refractivity contribution is -0.152. The van der Waals surface area contributed by atoms with Gasteiger partial charge in [0, 0.05) is 19.1 Å². The second-order valence-corrected chi connectivity index (χ2v) is 5.55. The van der Waals surface area contributed by atoms with Crippen molar-refractivity contribution in [2.75, 3.05) is 13.1 Å².